The van der Waals surface area contributed by atoms with E-state index in [9.17, 15) is 22.8 Å². The number of methoxy groups -OCH3 is 1. The van der Waals surface area contributed by atoms with Gasteiger partial charge in [0.05, 0.1) is 25.4 Å². The summed E-state index contributed by atoms with van der Waals surface area (Å²) in [6.45, 7) is 7.91. The molecule has 0 bridgehead atoms. The van der Waals surface area contributed by atoms with Gasteiger partial charge < -0.3 is 19.5 Å². The molecule has 9 heteroatoms. The highest BCUT2D eigenvalue weighted by atomic mass is 19.4. The van der Waals surface area contributed by atoms with E-state index in [0.29, 0.717) is 0 Å². The van der Waals surface area contributed by atoms with E-state index in [4.69, 9.17) is 14.6 Å². The van der Waals surface area contributed by atoms with Gasteiger partial charge >= 0.3 is 12.1 Å². The third-order valence-electron chi connectivity index (χ3n) is 6.44. The summed E-state index contributed by atoms with van der Waals surface area (Å²) < 4.78 is 52.0. The van der Waals surface area contributed by atoms with Gasteiger partial charge in [-0.1, -0.05) is 6.07 Å². The molecule has 1 fully saturated rings. The Morgan fingerprint density at radius 1 is 1.24 bits per heavy atom. The average Bonchev–Trinajstić information content (AvgIpc) is 3.01. The van der Waals surface area contributed by atoms with Gasteiger partial charge in [-0.05, 0) is 63.5 Å². The van der Waals surface area contributed by atoms with Crippen LogP contribution in [-0.2, 0) is 19.1 Å². The van der Waals surface area contributed by atoms with Crippen LogP contribution >= 0.6 is 0 Å². The molecule has 1 aromatic rings. The summed E-state index contributed by atoms with van der Waals surface area (Å²) in [5.74, 6) is -5.68. The number of alkyl halides is 3. The second-order valence-electron chi connectivity index (χ2n) is 9.03. The van der Waals surface area contributed by atoms with E-state index in [1.54, 1.807) is 0 Å². The Labute approximate surface area is 198 Å². The van der Waals surface area contributed by atoms with Gasteiger partial charge in [-0.15, -0.1) is 0 Å². The van der Waals surface area contributed by atoms with E-state index < -0.39 is 41.8 Å². The van der Waals surface area contributed by atoms with E-state index in [1.165, 1.54) is 19.4 Å². The number of ether oxygens (including phenoxy) is 2. The summed E-state index contributed by atoms with van der Waals surface area (Å²) in [4.78, 5) is 25.6. The summed E-state index contributed by atoms with van der Waals surface area (Å²) >= 11 is 0. The summed E-state index contributed by atoms with van der Waals surface area (Å²) in [6.07, 6.45) is -3.27. The summed E-state index contributed by atoms with van der Waals surface area (Å²) in [6, 6.07) is 5.81. The van der Waals surface area contributed by atoms with Gasteiger partial charge in [0.2, 0.25) is 0 Å². The number of benzene rings is 1. The molecule has 0 aliphatic heterocycles. The highest BCUT2D eigenvalue weighted by molar-refractivity contribution is 5.88. The second kappa shape index (κ2) is 11.7. The van der Waals surface area contributed by atoms with Crippen molar-refractivity contribution in [3.8, 4) is 0 Å². The highest BCUT2D eigenvalue weighted by Crippen LogP contribution is 2.46. The van der Waals surface area contributed by atoms with Crippen molar-refractivity contribution in [2.24, 2.45) is 17.8 Å². The van der Waals surface area contributed by atoms with Crippen LogP contribution in [0.25, 0.3) is 0 Å². The minimum atomic E-state index is -4.71. The van der Waals surface area contributed by atoms with Crippen molar-refractivity contribution in [1.82, 2.24) is 0 Å². The van der Waals surface area contributed by atoms with E-state index in [1.807, 2.05) is 50.8 Å². The van der Waals surface area contributed by atoms with E-state index in [2.05, 4.69) is 0 Å². The number of aliphatic carboxylic acids is 1. The van der Waals surface area contributed by atoms with Crippen LogP contribution in [0.5, 0.6) is 0 Å². The molecule has 1 aromatic carbocycles. The molecule has 1 aliphatic carbocycles. The average molecular weight is 486 g/mol. The molecule has 34 heavy (non-hydrogen) atoms. The van der Waals surface area contributed by atoms with Crippen LogP contribution in [0.3, 0.4) is 0 Å². The maximum Gasteiger partial charge on any atom is 0.401 e. The molecule has 0 aromatic heterocycles. The Balaban J connectivity index is 2.32. The molecule has 190 valence electrons. The number of halogens is 3. The number of carbonyl (C=O) groups excluding carboxylic acids is 1. The van der Waals surface area contributed by atoms with Crippen LogP contribution < -0.4 is 4.90 Å². The lowest BCUT2D eigenvalue weighted by atomic mass is 9.90. The van der Waals surface area contributed by atoms with Crippen LogP contribution in [0.15, 0.2) is 30.5 Å². The zero-order chi connectivity index (χ0) is 25.6. The predicted octanol–water partition coefficient (Wildman–Crippen LogP) is 4.92. The molecule has 2 unspecified atom stereocenters. The number of nitrogens with zero attached hydrogens (tertiary/aromatic N) is 1. The maximum atomic E-state index is 13.9. The Hall–Kier alpha value is -2.55. The first-order valence-electron chi connectivity index (χ1n) is 11.3. The SMILES string of the molecule is COC1C(C(F)(F)F)C(=O)[C@H](CN(c2ccc(C)c(C)c2)C(C)C)[C@H]1CC=COCCC(=O)O. The normalized spacial score (nSPS) is 23.1. The number of carboxylic acid groups (broad SMARTS) is 1. The second-order valence-corrected chi connectivity index (χ2v) is 9.03. The van der Waals surface area contributed by atoms with Crippen molar-refractivity contribution in [2.45, 2.75) is 58.9 Å². The van der Waals surface area contributed by atoms with Crippen molar-refractivity contribution in [3.05, 3.63) is 41.7 Å². The van der Waals surface area contributed by atoms with Crippen molar-refractivity contribution in [2.75, 3.05) is 25.2 Å². The third kappa shape index (κ3) is 6.74. The van der Waals surface area contributed by atoms with Crippen LogP contribution in [0.1, 0.15) is 37.8 Å². The first-order chi connectivity index (χ1) is 15.9. The Morgan fingerprint density at radius 2 is 1.91 bits per heavy atom. The largest absolute Gasteiger partial charge is 0.501 e. The molecular formula is C25H34F3NO5. The smallest absolute Gasteiger partial charge is 0.401 e. The zero-order valence-electron chi connectivity index (χ0n) is 20.3. The lowest BCUT2D eigenvalue weighted by Gasteiger charge is -2.34. The maximum absolute atomic E-state index is 13.9. The van der Waals surface area contributed by atoms with E-state index >= 15 is 0 Å². The lowest BCUT2D eigenvalue weighted by molar-refractivity contribution is -0.199. The topological polar surface area (TPSA) is 76.1 Å². The van der Waals surface area contributed by atoms with Crippen LogP contribution in [0.4, 0.5) is 18.9 Å². The number of carbonyl (C=O) groups is 2. The molecule has 0 amide bonds. The number of hydrogen-bond acceptors (Lipinski definition) is 5. The van der Waals surface area contributed by atoms with Gasteiger partial charge in [0, 0.05) is 37.2 Å². The molecule has 1 N–H and O–H groups in total. The Morgan fingerprint density at radius 3 is 2.44 bits per heavy atom. The monoisotopic (exact) mass is 485 g/mol. The molecule has 1 aliphatic rings. The van der Waals surface area contributed by atoms with Crippen LogP contribution in [-0.4, -0.2) is 55.4 Å². The molecule has 2 rings (SSSR count). The molecule has 0 heterocycles. The summed E-state index contributed by atoms with van der Waals surface area (Å²) in [7, 11) is 1.20. The van der Waals surface area contributed by atoms with Crippen molar-refractivity contribution < 1.29 is 37.3 Å². The summed E-state index contributed by atoms with van der Waals surface area (Å²) in [5.41, 5.74) is 3.01. The number of hydrogen-bond donors (Lipinski definition) is 1. The number of anilines is 1. The first kappa shape index (κ1) is 27.7. The summed E-state index contributed by atoms with van der Waals surface area (Å²) in [5, 5.41) is 8.66. The molecule has 1 saturated carbocycles. The quantitative estimate of drug-likeness (QED) is 0.354. The van der Waals surface area contributed by atoms with Gasteiger partial charge in [-0.3, -0.25) is 9.59 Å². The zero-order valence-corrected chi connectivity index (χ0v) is 20.3. The fraction of sp³-hybridized carbons (Fsp3) is 0.600. The standard InChI is InChI=1S/C25H34F3NO5/c1-15(2)29(18-9-8-16(3)17(4)13-18)14-20-19(7-6-11-34-12-10-21(30)31)24(33-5)22(23(20)32)25(26,27)28/h6,8-9,11,13,15,19-20,22,24H,7,10,12,14H2,1-5H3,(H,30,31)/t19-,20-,22?,24?/m1/s1. The van der Waals surface area contributed by atoms with E-state index in [-0.39, 0.29) is 32.0 Å². The van der Waals surface area contributed by atoms with Crippen molar-refractivity contribution >= 4 is 17.4 Å². The fourth-order valence-corrected chi connectivity index (χ4v) is 4.49. The number of Topliss-reactive ketones (excluding diaryl/α,β-unsaturated/α-hetero) is 1. The van der Waals surface area contributed by atoms with Crippen LogP contribution in [0.2, 0.25) is 0 Å². The minimum Gasteiger partial charge on any atom is -0.501 e. The molecule has 0 radical (unpaired) electrons. The third-order valence-corrected chi connectivity index (χ3v) is 6.44. The predicted molar refractivity (Wildman–Crippen MR) is 123 cm³/mol. The van der Waals surface area contributed by atoms with E-state index in [0.717, 1.165) is 16.8 Å². The Kier molecular flexibility index (Phi) is 9.55. The van der Waals surface area contributed by atoms with Gasteiger partial charge in [-0.25, -0.2) is 0 Å². The fourth-order valence-electron chi connectivity index (χ4n) is 4.49. The van der Waals surface area contributed by atoms with Gasteiger partial charge in [0.15, 0.2) is 5.78 Å². The number of carboxylic acids is 1. The van der Waals surface area contributed by atoms with Crippen LogP contribution in [0, 0.1) is 31.6 Å². The molecule has 0 spiro atoms. The molecular weight excluding hydrogens is 451 g/mol. The first-order valence-corrected chi connectivity index (χ1v) is 11.3. The van der Waals surface area contributed by atoms with Gasteiger partial charge in [0.25, 0.3) is 0 Å². The van der Waals surface area contributed by atoms with Gasteiger partial charge in [0.1, 0.15) is 5.92 Å². The lowest BCUT2D eigenvalue weighted by Crippen LogP contribution is -2.40. The van der Waals surface area contributed by atoms with Crippen molar-refractivity contribution in [1.29, 1.82) is 0 Å². The number of allylic oxidation sites excluding steroid dienone is 1. The number of aryl methyl sites for hydroxylation is 2. The van der Waals surface area contributed by atoms with Crippen molar-refractivity contribution in [3.63, 3.8) is 0 Å². The molecule has 0 saturated heterocycles. The molecule has 4 atom stereocenters. The number of ketones is 1. The Bertz CT molecular complexity index is 884. The van der Waals surface area contributed by atoms with Gasteiger partial charge in [-0.2, -0.15) is 13.2 Å². The molecule has 6 nitrogen and oxygen atoms in total. The number of rotatable bonds is 11. The minimum absolute atomic E-state index is 0.0450. The highest BCUT2D eigenvalue weighted by Gasteiger charge is 2.60.